The number of nitrogens with one attached hydrogen (secondary N) is 3. The van der Waals surface area contributed by atoms with Gasteiger partial charge >= 0.3 is 6.03 Å². The SMILES string of the molecule is COCCNC(=O)NC(C)(C)C(=O)Nc1nc(-c2ccc(F)cc2)c(Oc2ccc(F)cc2)s1. The van der Waals surface area contributed by atoms with Gasteiger partial charge in [-0.05, 0) is 62.4 Å². The molecule has 0 aliphatic heterocycles. The number of hydrogen-bond acceptors (Lipinski definition) is 6. The first-order chi connectivity index (χ1) is 16.2. The van der Waals surface area contributed by atoms with Gasteiger partial charge in [0.15, 0.2) is 5.13 Å². The number of methoxy groups -OCH3 is 1. The van der Waals surface area contributed by atoms with Crippen molar-refractivity contribution in [3.63, 3.8) is 0 Å². The van der Waals surface area contributed by atoms with Crippen LogP contribution in [0.3, 0.4) is 0 Å². The van der Waals surface area contributed by atoms with Crippen LogP contribution < -0.4 is 20.7 Å². The van der Waals surface area contributed by atoms with E-state index in [1.807, 2.05) is 0 Å². The third kappa shape index (κ3) is 6.72. The molecule has 0 saturated carbocycles. The van der Waals surface area contributed by atoms with Crippen molar-refractivity contribution in [1.29, 1.82) is 0 Å². The van der Waals surface area contributed by atoms with E-state index < -0.39 is 29.1 Å². The van der Waals surface area contributed by atoms with Crippen LogP contribution in [0.25, 0.3) is 11.3 Å². The van der Waals surface area contributed by atoms with E-state index in [-0.39, 0.29) is 11.7 Å². The summed E-state index contributed by atoms with van der Waals surface area (Å²) in [5, 5.41) is 8.37. The van der Waals surface area contributed by atoms with Gasteiger partial charge in [-0.2, -0.15) is 0 Å². The molecule has 0 saturated heterocycles. The highest BCUT2D eigenvalue weighted by atomic mass is 32.1. The summed E-state index contributed by atoms with van der Waals surface area (Å²) >= 11 is 1.04. The Balaban J connectivity index is 1.80. The lowest BCUT2D eigenvalue weighted by Crippen LogP contribution is -2.55. The van der Waals surface area contributed by atoms with Gasteiger partial charge in [0.05, 0.1) is 6.61 Å². The fourth-order valence-electron chi connectivity index (χ4n) is 2.73. The molecule has 3 rings (SSSR count). The number of carbonyl (C=O) groups is 2. The number of amides is 3. The molecule has 34 heavy (non-hydrogen) atoms. The summed E-state index contributed by atoms with van der Waals surface area (Å²) in [5.41, 5.74) is -0.338. The molecule has 8 nitrogen and oxygen atoms in total. The maximum Gasteiger partial charge on any atom is 0.315 e. The van der Waals surface area contributed by atoms with Crippen LogP contribution in [0.1, 0.15) is 13.8 Å². The Labute approximate surface area is 199 Å². The highest BCUT2D eigenvalue weighted by Gasteiger charge is 2.31. The van der Waals surface area contributed by atoms with E-state index in [0.29, 0.717) is 28.7 Å². The summed E-state index contributed by atoms with van der Waals surface area (Å²) in [4.78, 5) is 29.3. The van der Waals surface area contributed by atoms with Crippen molar-refractivity contribution in [2.45, 2.75) is 19.4 Å². The first kappa shape index (κ1) is 25.1. The molecule has 0 bridgehead atoms. The van der Waals surface area contributed by atoms with Gasteiger partial charge in [0.1, 0.15) is 28.6 Å². The second-order valence-electron chi connectivity index (χ2n) is 7.67. The molecule has 0 fully saturated rings. The number of rotatable bonds is 9. The van der Waals surface area contributed by atoms with Gasteiger partial charge in [-0.3, -0.25) is 10.1 Å². The molecule has 3 aromatic rings. The topological polar surface area (TPSA) is 102 Å². The molecule has 1 heterocycles. The number of benzene rings is 2. The van der Waals surface area contributed by atoms with Crippen molar-refractivity contribution in [3.05, 3.63) is 60.2 Å². The predicted octanol–water partition coefficient (Wildman–Crippen LogP) is 4.54. The fourth-order valence-corrected chi connectivity index (χ4v) is 3.59. The maximum atomic E-state index is 13.4. The molecule has 0 radical (unpaired) electrons. The lowest BCUT2D eigenvalue weighted by atomic mass is 10.1. The zero-order chi connectivity index (χ0) is 24.7. The molecule has 0 aliphatic carbocycles. The van der Waals surface area contributed by atoms with E-state index in [0.717, 1.165) is 11.3 Å². The van der Waals surface area contributed by atoms with Crippen molar-refractivity contribution in [2.75, 3.05) is 25.6 Å². The van der Waals surface area contributed by atoms with E-state index in [4.69, 9.17) is 9.47 Å². The number of halogens is 2. The van der Waals surface area contributed by atoms with Gasteiger partial charge in [-0.15, -0.1) is 0 Å². The number of thiazole rings is 1. The third-order valence-electron chi connectivity index (χ3n) is 4.54. The van der Waals surface area contributed by atoms with Gasteiger partial charge < -0.3 is 20.1 Å². The molecule has 1 aromatic heterocycles. The highest BCUT2D eigenvalue weighted by molar-refractivity contribution is 7.18. The molecule has 180 valence electrons. The second-order valence-corrected chi connectivity index (χ2v) is 8.63. The van der Waals surface area contributed by atoms with Gasteiger partial charge in [-0.1, -0.05) is 11.3 Å². The van der Waals surface area contributed by atoms with Crippen LogP contribution in [0, 0.1) is 11.6 Å². The summed E-state index contributed by atoms with van der Waals surface area (Å²) in [6, 6.07) is 10.5. The highest BCUT2D eigenvalue weighted by Crippen LogP contribution is 2.40. The number of nitrogens with zero attached hydrogens (tertiary/aromatic N) is 1. The van der Waals surface area contributed by atoms with Crippen LogP contribution in [0.2, 0.25) is 0 Å². The first-order valence-electron chi connectivity index (χ1n) is 10.2. The monoisotopic (exact) mass is 490 g/mol. The molecule has 3 amide bonds. The van der Waals surface area contributed by atoms with Gasteiger partial charge in [0, 0.05) is 19.2 Å². The fraction of sp³-hybridized carbons (Fsp3) is 0.261. The molecule has 0 atom stereocenters. The number of anilines is 1. The molecule has 3 N–H and O–H groups in total. The Hall–Kier alpha value is -3.57. The van der Waals surface area contributed by atoms with E-state index in [1.54, 1.807) is 13.8 Å². The standard InChI is InChI=1S/C23H24F2N4O4S/c1-23(2,29-21(31)26-12-13-32-3)20(30)28-22-27-18(14-4-6-15(24)7-5-14)19(34-22)33-17-10-8-16(25)9-11-17/h4-11H,12-13H2,1-3H3,(H2,26,29,31)(H,27,28,30). The maximum absolute atomic E-state index is 13.4. The Morgan fingerprint density at radius 3 is 2.26 bits per heavy atom. The number of hydrogen-bond donors (Lipinski definition) is 3. The van der Waals surface area contributed by atoms with E-state index >= 15 is 0 Å². The van der Waals surface area contributed by atoms with Crippen molar-refractivity contribution in [3.8, 4) is 22.1 Å². The van der Waals surface area contributed by atoms with Crippen molar-refractivity contribution in [2.24, 2.45) is 0 Å². The number of ether oxygens (including phenoxy) is 2. The number of carbonyl (C=O) groups excluding carboxylic acids is 2. The van der Waals surface area contributed by atoms with Gasteiger partial charge in [0.2, 0.25) is 5.06 Å². The molecule has 0 unspecified atom stereocenters. The molecule has 0 spiro atoms. The Morgan fingerprint density at radius 2 is 1.65 bits per heavy atom. The Kier molecular flexibility index (Phi) is 8.13. The number of urea groups is 1. The average Bonchev–Trinajstić information content (AvgIpc) is 3.17. The normalized spacial score (nSPS) is 11.1. The Bertz CT molecular complexity index is 1130. The molecule has 2 aromatic carbocycles. The summed E-state index contributed by atoms with van der Waals surface area (Å²) in [5.74, 6) is -0.974. The Morgan fingerprint density at radius 1 is 1.03 bits per heavy atom. The lowest BCUT2D eigenvalue weighted by Gasteiger charge is -2.24. The molecule has 0 aliphatic rings. The quantitative estimate of drug-likeness (QED) is 0.382. The van der Waals surface area contributed by atoms with Crippen LogP contribution in [0.15, 0.2) is 48.5 Å². The molecular formula is C23H24F2N4O4S. The van der Waals surface area contributed by atoms with E-state index in [1.165, 1.54) is 55.6 Å². The van der Waals surface area contributed by atoms with Gasteiger partial charge in [0.25, 0.3) is 5.91 Å². The minimum atomic E-state index is -1.27. The van der Waals surface area contributed by atoms with Crippen molar-refractivity contribution < 1.29 is 27.8 Å². The van der Waals surface area contributed by atoms with Crippen LogP contribution in [-0.4, -0.2) is 42.7 Å². The van der Waals surface area contributed by atoms with Crippen molar-refractivity contribution in [1.82, 2.24) is 15.6 Å². The van der Waals surface area contributed by atoms with Crippen LogP contribution in [0.5, 0.6) is 10.8 Å². The summed E-state index contributed by atoms with van der Waals surface area (Å²) in [7, 11) is 1.51. The van der Waals surface area contributed by atoms with E-state index in [2.05, 4.69) is 20.9 Å². The molecule has 11 heteroatoms. The summed E-state index contributed by atoms with van der Waals surface area (Å²) < 4.78 is 37.4. The van der Waals surface area contributed by atoms with E-state index in [9.17, 15) is 18.4 Å². The third-order valence-corrected chi connectivity index (χ3v) is 5.39. The molecular weight excluding hydrogens is 466 g/mol. The largest absolute Gasteiger partial charge is 0.444 e. The minimum Gasteiger partial charge on any atom is -0.444 e. The first-order valence-corrected chi connectivity index (χ1v) is 11.1. The van der Waals surface area contributed by atoms with Crippen LogP contribution >= 0.6 is 11.3 Å². The minimum absolute atomic E-state index is 0.205. The van der Waals surface area contributed by atoms with Gasteiger partial charge in [-0.25, -0.2) is 18.6 Å². The second kappa shape index (κ2) is 11.0. The predicted molar refractivity (Wildman–Crippen MR) is 125 cm³/mol. The summed E-state index contributed by atoms with van der Waals surface area (Å²) in [6.45, 7) is 3.71. The van der Waals surface area contributed by atoms with Crippen LogP contribution in [-0.2, 0) is 9.53 Å². The number of aromatic nitrogens is 1. The van der Waals surface area contributed by atoms with Crippen LogP contribution in [0.4, 0.5) is 18.7 Å². The lowest BCUT2D eigenvalue weighted by molar-refractivity contribution is -0.120. The average molecular weight is 491 g/mol. The zero-order valence-electron chi connectivity index (χ0n) is 18.8. The smallest absolute Gasteiger partial charge is 0.315 e. The zero-order valence-corrected chi connectivity index (χ0v) is 19.6. The summed E-state index contributed by atoms with van der Waals surface area (Å²) in [6.07, 6.45) is 0. The van der Waals surface area contributed by atoms with Crippen molar-refractivity contribution >= 4 is 28.4 Å².